The van der Waals surface area contributed by atoms with Crippen molar-refractivity contribution in [3.63, 3.8) is 0 Å². The van der Waals surface area contributed by atoms with E-state index in [0.717, 1.165) is 25.9 Å². The Morgan fingerprint density at radius 2 is 1.71 bits per heavy atom. The third-order valence-corrected chi connectivity index (χ3v) is 6.58. The van der Waals surface area contributed by atoms with Crippen LogP contribution in [0.15, 0.2) is 0 Å². The fraction of sp³-hybridized carbons (Fsp3) is 1.00. The maximum Gasteiger partial charge on any atom is 0.152 e. The number of hydrogen-bond acceptors (Lipinski definition) is 5. The molecule has 124 valence electrons. The number of nitrogens with zero attached hydrogens (tertiary/aromatic N) is 1. The summed E-state index contributed by atoms with van der Waals surface area (Å²) in [5, 5.41) is -0.361. The normalized spacial score (nSPS) is 36.8. The molecule has 0 aromatic heterocycles. The molecule has 0 amide bonds. The lowest BCUT2D eigenvalue weighted by atomic mass is 9.88. The minimum Gasteiger partial charge on any atom is -0.367 e. The standard InChI is InChI=1S/C15H30N2O3S/c1-13(2)10-17(11-14(3,4)20-13)15(9-16)8-6-7-12(15)21(5,18)19/h12H,6-11,16H2,1-5H3. The van der Waals surface area contributed by atoms with Gasteiger partial charge in [0.25, 0.3) is 0 Å². The van der Waals surface area contributed by atoms with Crippen LogP contribution in [0.5, 0.6) is 0 Å². The first-order chi connectivity index (χ1) is 9.42. The Balaban J connectivity index is 2.40. The van der Waals surface area contributed by atoms with Gasteiger partial charge in [0, 0.05) is 25.9 Å². The fourth-order valence-corrected chi connectivity index (χ4v) is 6.22. The maximum absolute atomic E-state index is 12.3. The number of sulfone groups is 1. The first-order valence-corrected chi connectivity index (χ1v) is 9.72. The minimum atomic E-state index is -3.11. The van der Waals surface area contributed by atoms with Crippen molar-refractivity contribution in [1.82, 2.24) is 4.90 Å². The second-order valence-corrected chi connectivity index (χ2v) is 10.2. The molecule has 21 heavy (non-hydrogen) atoms. The monoisotopic (exact) mass is 318 g/mol. The summed E-state index contributed by atoms with van der Waals surface area (Å²) in [6.45, 7) is 10.1. The highest BCUT2D eigenvalue weighted by Crippen LogP contribution is 2.42. The van der Waals surface area contributed by atoms with Crippen LogP contribution in [0.3, 0.4) is 0 Å². The SMILES string of the molecule is CC1(C)CN(C2(CN)CCCC2S(C)(=O)=O)CC(C)(C)O1. The van der Waals surface area contributed by atoms with Gasteiger partial charge in [0.1, 0.15) is 0 Å². The molecule has 2 N–H and O–H groups in total. The first kappa shape index (κ1) is 17.2. The zero-order valence-corrected chi connectivity index (χ0v) is 14.8. The van der Waals surface area contributed by atoms with Gasteiger partial charge in [-0.25, -0.2) is 8.42 Å². The quantitative estimate of drug-likeness (QED) is 0.846. The van der Waals surface area contributed by atoms with Crippen molar-refractivity contribution in [3.8, 4) is 0 Å². The molecular weight excluding hydrogens is 288 g/mol. The van der Waals surface area contributed by atoms with Crippen molar-refractivity contribution in [2.75, 3.05) is 25.9 Å². The average molecular weight is 318 g/mol. The van der Waals surface area contributed by atoms with Gasteiger partial charge in [0.2, 0.25) is 0 Å². The van der Waals surface area contributed by atoms with E-state index in [1.807, 2.05) is 0 Å². The van der Waals surface area contributed by atoms with Gasteiger partial charge in [0.05, 0.1) is 22.0 Å². The molecule has 0 aromatic rings. The molecule has 6 heteroatoms. The molecule has 2 aliphatic rings. The molecule has 0 radical (unpaired) electrons. The van der Waals surface area contributed by atoms with Crippen molar-refractivity contribution in [3.05, 3.63) is 0 Å². The van der Waals surface area contributed by atoms with Crippen molar-refractivity contribution in [2.45, 2.75) is 68.9 Å². The second kappa shape index (κ2) is 5.18. The Hall–Kier alpha value is -0.170. The van der Waals surface area contributed by atoms with E-state index < -0.39 is 15.4 Å². The molecule has 5 nitrogen and oxygen atoms in total. The smallest absolute Gasteiger partial charge is 0.152 e. The van der Waals surface area contributed by atoms with E-state index in [2.05, 4.69) is 32.6 Å². The van der Waals surface area contributed by atoms with Crippen LogP contribution in [0, 0.1) is 0 Å². The predicted octanol–water partition coefficient (Wildman–Crippen LogP) is 1.17. The summed E-state index contributed by atoms with van der Waals surface area (Å²) in [5.74, 6) is 0. The van der Waals surface area contributed by atoms with Gasteiger partial charge in [-0.05, 0) is 40.5 Å². The van der Waals surface area contributed by atoms with Crippen molar-refractivity contribution < 1.29 is 13.2 Å². The lowest BCUT2D eigenvalue weighted by Gasteiger charge is -2.54. The summed E-state index contributed by atoms with van der Waals surface area (Å²) in [6, 6.07) is 0. The Kier molecular flexibility index (Phi) is 4.24. The van der Waals surface area contributed by atoms with E-state index >= 15 is 0 Å². The zero-order chi connectivity index (χ0) is 16.1. The van der Waals surface area contributed by atoms with Crippen LogP contribution in [-0.4, -0.2) is 61.2 Å². The lowest BCUT2D eigenvalue weighted by Crippen LogP contribution is -2.69. The van der Waals surface area contributed by atoms with Crippen LogP contribution >= 0.6 is 0 Å². The van der Waals surface area contributed by atoms with Crippen molar-refractivity contribution in [1.29, 1.82) is 0 Å². The van der Waals surface area contributed by atoms with Crippen LogP contribution in [0.1, 0.15) is 47.0 Å². The second-order valence-electron chi connectivity index (χ2n) is 8.00. The average Bonchev–Trinajstić information content (AvgIpc) is 2.68. The highest BCUT2D eigenvalue weighted by molar-refractivity contribution is 7.91. The molecule has 1 saturated heterocycles. The summed E-state index contributed by atoms with van der Waals surface area (Å²) in [6.07, 6.45) is 3.85. The van der Waals surface area contributed by atoms with E-state index in [0.29, 0.717) is 13.0 Å². The Morgan fingerprint density at radius 1 is 1.19 bits per heavy atom. The first-order valence-electron chi connectivity index (χ1n) is 7.76. The third-order valence-electron chi connectivity index (χ3n) is 4.87. The summed E-state index contributed by atoms with van der Waals surface area (Å²) >= 11 is 0. The molecule has 1 heterocycles. The molecule has 1 aliphatic heterocycles. The van der Waals surface area contributed by atoms with Gasteiger partial charge < -0.3 is 10.5 Å². The highest BCUT2D eigenvalue weighted by atomic mass is 32.2. The van der Waals surface area contributed by atoms with Crippen molar-refractivity contribution >= 4 is 9.84 Å². The summed E-state index contributed by atoms with van der Waals surface area (Å²) in [4.78, 5) is 2.30. The number of rotatable bonds is 3. The van der Waals surface area contributed by atoms with Crippen LogP contribution in [0.4, 0.5) is 0 Å². The molecule has 2 rings (SSSR count). The topological polar surface area (TPSA) is 72.6 Å². The minimum absolute atomic E-state index is 0.297. The predicted molar refractivity (Wildman–Crippen MR) is 85.1 cm³/mol. The summed E-state index contributed by atoms with van der Waals surface area (Å²) in [5.41, 5.74) is 5.08. The Bertz CT molecular complexity index is 485. The molecular formula is C15H30N2O3S. The van der Waals surface area contributed by atoms with E-state index in [9.17, 15) is 8.42 Å². The number of morpholine rings is 1. The van der Waals surface area contributed by atoms with Gasteiger partial charge in [0.15, 0.2) is 9.84 Å². The summed E-state index contributed by atoms with van der Waals surface area (Å²) < 4.78 is 30.6. The largest absolute Gasteiger partial charge is 0.367 e. The number of nitrogens with two attached hydrogens (primary N) is 1. The van der Waals surface area contributed by atoms with Gasteiger partial charge in [-0.15, -0.1) is 0 Å². The highest BCUT2D eigenvalue weighted by Gasteiger charge is 2.54. The van der Waals surface area contributed by atoms with Crippen LogP contribution in [0.25, 0.3) is 0 Å². The van der Waals surface area contributed by atoms with Gasteiger partial charge in [-0.3, -0.25) is 4.90 Å². The molecule has 0 aromatic carbocycles. The van der Waals surface area contributed by atoms with Gasteiger partial charge in [-0.1, -0.05) is 6.42 Å². The fourth-order valence-electron chi connectivity index (χ4n) is 4.46. The number of hydrogen-bond donors (Lipinski definition) is 1. The molecule has 1 aliphatic carbocycles. The van der Waals surface area contributed by atoms with Gasteiger partial charge >= 0.3 is 0 Å². The molecule has 2 atom stereocenters. The maximum atomic E-state index is 12.3. The van der Waals surface area contributed by atoms with Gasteiger partial charge in [-0.2, -0.15) is 0 Å². The van der Waals surface area contributed by atoms with Crippen LogP contribution < -0.4 is 5.73 Å². The molecule has 2 unspecified atom stereocenters. The van der Waals surface area contributed by atoms with E-state index in [4.69, 9.17) is 10.5 Å². The molecule has 0 bridgehead atoms. The molecule has 2 fully saturated rings. The Morgan fingerprint density at radius 3 is 2.14 bits per heavy atom. The summed E-state index contributed by atoms with van der Waals surface area (Å²) in [7, 11) is -3.11. The van der Waals surface area contributed by atoms with Crippen LogP contribution in [0.2, 0.25) is 0 Å². The van der Waals surface area contributed by atoms with Crippen molar-refractivity contribution in [2.24, 2.45) is 5.73 Å². The van der Waals surface area contributed by atoms with E-state index in [1.54, 1.807) is 0 Å². The number of ether oxygens (including phenoxy) is 1. The zero-order valence-electron chi connectivity index (χ0n) is 14.0. The lowest BCUT2D eigenvalue weighted by molar-refractivity contribution is -0.198. The van der Waals surface area contributed by atoms with Crippen LogP contribution in [-0.2, 0) is 14.6 Å². The van der Waals surface area contributed by atoms with E-state index in [1.165, 1.54) is 6.26 Å². The molecule has 0 spiro atoms. The molecule has 1 saturated carbocycles. The Labute approximate surface area is 129 Å². The third kappa shape index (κ3) is 3.28. The van der Waals surface area contributed by atoms with E-state index in [-0.39, 0.29) is 16.5 Å².